The van der Waals surface area contributed by atoms with Crippen molar-refractivity contribution in [3.63, 3.8) is 0 Å². The highest BCUT2D eigenvalue weighted by Crippen LogP contribution is 2.33. The van der Waals surface area contributed by atoms with E-state index >= 15 is 0 Å². The first kappa shape index (κ1) is 37.2. The van der Waals surface area contributed by atoms with E-state index in [1.54, 1.807) is 0 Å². The van der Waals surface area contributed by atoms with Crippen LogP contribution in [-0.4, -0.2) is 115 Å². The lowest BCUT2D eigenvalue weighted by Gasteiger charge is -2.38. The molecule has 52 heavy (non-hydrogen) atoms. The van der Waals surface area contributed by atoms with Crippen molar-refractivity contribution >= 4 is 22.7 Å². The molecule has 3 aliphatic rings. The molecule has 24 heteroatoms. The first-order chi connectivity index (χ1) is 24.9. The second-order valence-electron chi connectivity index (χ2n) is 12.6. The maximum Gasteiger partial charge on any atom is 0.321 e. The molecule has 0 spiro atoms. The van der Waals surface area contributed by atoms with Gasteiger partial charge in [-0.05, 0) is 49.7 Å². The van der Waals surface area contributed by atoms with Crippen LogP contribution < -0.4 is 15.3 Å². The van der Waals surface area contributed by atoms with Crippen LogP contribution in [0.25, 0.3) is 0 Å². The van der Waals surface area contributed by atoms with E-state index in [9.17, 15) is 50.6 Å². The molecule has 1 aliphatic carbocycles. The molecule has 0 radical (unpaired) electrons. The standard InChI is InChI=1S/C28H37N12O12/c41-35(42)23-5-7-27(25(17-23)37(45)46)51-29-39(49)33-13-9-31(10-14-33)19-21-1-2-22(4-3-21)20-32-11-15-34(16-12-32)40(50)30-52-28-8-6-24(36(43)44)18-26(28)38(47)48/h5-8,17-18,21-22H,1-4,9-16,19-20H2,(H,29,49)/q+1/b40-30-. The number of nitrogens with one attached hydrogen (secondary N) is 1. The summed E-state index contributed by atoms with van der Waals surface area (Å²) in [6.45, 7) is 5.89. The van der Waals surface area contributed by atoms with Gasteiger partial charge < -0.3 is 10.0 Å². The van der Waals surface area contributed by atoms with Gasteiger partial charge in [-0.2, -0.15) is 0 Å². The van der Waals surface area contributed by atoms with E-state index in [0.29, 0.717) is 69.2 Å². The molecule has 5 rings (SSSR count). The minimum Gasteiger partial charge on any atom is -0.569 e. The Bertz CT molecular complexity index is 1690. The van der Waals surface area contributed by atoms with Crippen molar-refractivity contribution in [3.05, 3.63) is 87.0 Å². The van der Waals surface area contributed by atoms with Gasteiger partial charge in [0.25, 0.3) is 16.4 Å². The predicted octanol–water partition coefficient (Wildman–Crippen LogP) is 2.72. The van der Waals surface area contributed by atoms with Crippen molar-refractivity contribution in [2.75, 3.05) is 65.4 Å². The van der Waals surface area contributed by atoms with Crippen molar-refractivity contribution < 1.29 is 39.3 Å². The number of benzene rings is 2. The predicted molar refractivity (Wildman–Crippen MR) is 175 cm³/mol. The minimum atomic E-state index is -0.852. The van der Waals surface area contributed by atoms with Gasteiger partial charge in [-0.3, -0.25) is 55.1 Å². The highest BCUT2D eigenvalue weighted by atomic mass is 16.7. The van der Waals surface area contributed by atoms with Gasteiger partial charge in [0.05, 0.1) is 73.5 Å². The highest BCUT2D eigenvalue weighted by Gasteiger charge is 2.32. The fourth-order valence-corrected chi connectivity index (χ4v) is 6.48. The average Bonchev–Trinajstić information content (AvgIpc) is 3.13. The molecule has 0 bridgehead atoms. The third-order valence-electron chi connectivity index (χ3n) is 9.34. The van der Waals surface area contributed by atoms with Gasteiger partial charge in [0.2, 0.25) is 16.8 Å². The van der Waals surface area contributed by atoms with Crippen molar-refractivity contribution in [1.29, 1.82) is 0 Å². The SMILES string of the molecule is O=[N+]([O-])c1ccc(O/N=[N+](\[O-])N2CCN(CC3CCC(CN4CCN([N+](=O)NOc5ccc([N+](=O)[O-])cc5[N+](=O)[O-])CC4)CC3)CC2)c([N+](=O)[O-])c1. The van der Waals surface area contributed by atoms with Crippen LogP contribution in [0.1, 0.15) is 25.7 Å². The second-order valence-corrected chi connectivity index (χ2v) is 12.6. The molecule has 0 unspecified atom stereocenters. The summed E-state index contributed by atoms with van der Waals surface area (Å²) in [4.78, 5) is 69.0. The summed E-state index contributed by atoms with van der Waals surface area (Å²) >= 11 is 0. The van der Waals surface area contributed by atoms with E-state index in [0.717, 1.165) is 75.2 Å². The Morgan fingerprint density at radius 2 is 1.06 bits per heavy atom. The topological polar surface area (TPSA) is 275 Å². The lowest BCUT2D eigenvalue weighted by molar-refractivity contribution is -0.782. The van der Waals surface area contributed by atoms with E-state index in [-0.39, 0.29) is 16.5 Å². The maximum absolute atomic E-state index is 12.6. The van der Waals surface area contributed by atoms with Crippen LogP contribution in [0.3, 0.4) is 0 Å². The lowest BCUT2D eigenvalue weighted by atomic mass is 9.81. The lowest BCUT2D eigenvalue weighted by Crippen LogP contribution is -2.54. The van der Waals surface area contributed by atoms with Crippen molar-refractivity contribution in [1.82, 2.24) is 25.4 Å². The zero-order valence-corrected chi connectivity index (χ0v) is 27.8. The molecule has 2 saturated heterocycles. The number of nitro benzene ring substituents is 4. The number of hydrogen-bond donors (Lipinski definition) is 1. The first-order valence-electron chi connectivity index (χ1n) is 16.4. The van der Waals surface area contributed by atoms with E-state index in [1.807, 2.05) is 0 Å². The first-order valence-corrected chi connectivity index (χ1v) is 16.4. The third-order valence-corrected chi connectivity index (χ3v) is 9.34. The second kappa shape index (κ2) is 16.8. The zero-order valence-electron chi connectivity index (χ0n) is 27.8. The number of nitro groups is 4. The third kappa shape index (κ3) is 9.59. The molecular weight excluding hydrogens is 696 g/mol. The summed E-state index contributed by atoms with van der Waals surface area (Å²) in [5.41, 5.74) is -0.180. The molecule has 2 heterocycles. The van der Waals surface area contributed by atoms with E-state index < -0.39 is 42.4 Å². The molecule has 1 saturated carbocycles. The summed E-state index contributed by atoms with van der Waals surface area (Å²) in [6, 6.07) is 5.63. The van der Waals surface area contributed by atoms with Crippen molar-refractivity contribution in [3.8, 4) is 11.5 Å². The molecule has 2 aliphatic heterocycles. The summed E-state index contributed by atoms with van der Waals surface area (Å²) < 4.78 is 0. The Morgan fingerprint density at radius 1 is 0.615 bits per heavy atom. The molecular formula is C28H37N12O12+. The number of rotatable bonds is 15. The number of nitroso groups, excluding NO2 is 1. The summed E-state index contributed by atoms with van der Waals surface area (Å²) in [5.74, 6) is 0.318. The highest BCUT2D eigenvalue weighted by molar-refractivity contribution is 5.54. The largest absolute Gasteiger partial charge is 0.569 e. The van der Waals surface area contributed by atoms with Gasteiger partial charge in [-0.25, -0.2) is 0 Å². The molecule has 2 aromatic carbocycles. The fraction of sp³-hybridized carbons (Fsp3) is 0.571. The number of hydrazine groups is 3. The Balaban J connectivity index is 0.977. The van der Waals surface area contributed by atoms with Crippen molar-refractivity contribution in [2.45, 2.75) is 25.7 Å². The number of piperazine rings is 2. The Hall–Kier alpha value is -6.04. The van der Waals surface area contributed by atoms with Gasteiger partial charge in [0.1, 0.15) is 0 Å². The van der Waals surface area contributed by atoms with Crippen LogP contribution in [0.4, 0.5) is 22.7 Å². The minimum absolute atomic E-state index is 0.238. The Kier molecular flexibility index (Phi) is 12.0. The van der Waals surface area contributed by atoms with E-state index in [4.69, 9.17) is 9.68 Å². The van der Waals surface area contributed by atoms with E-state index in [2.05, 4.69) is 20.7 Å². The van der Waals surface area contributed by atoms with Gasteiger partial charge in [-0.1, -0.05) is 0 Å². The van der Waals surface area contributed by atoms with Crippen LogP contribution in [0.5, 0.6) is 11.5 Å². The Morgan fingerprint density at radius 3 is 1.52 bits per heavy atom. The monoisotopic (exact) mass is 733 g/mol. The molecule has 3 fully saturated rings. The fourth-order valence-electron chi connectivity index (χ4n) is 6.48. The summed E-state index contributed by atoms with van der Waals surface area (Å²) in [7, 11) is 0. The van der Waals surface area contributed by atoms with Gasteiger partial charge in [-0.15, -0.1) is 10.0 Å². The molecule has 24 nitrogen and oxygen atoms in total. The molecule has 0 aromatic heterocycles. The van der Waals surface area contributed by atoms with Crippen LogP contribution in [0.15, 0.2) is 41.7 Å². The molecule has 0 atom stereocenters. The molecule has 2 aromatic rings. The van der Waals surface area contributed by atoms with Crippen LogP contribution in [-0.2, 0) is 0 Å². The summed E-state index contributed by atoms with van der Waals surface area (Å²) in [5, 5.41) is 63.2. The smallest absolute Gasteiger partial charge is 0.321 e. The maximum atomic E-state index is 12.6. The molecule has 1 N–H and O–H groups in total. The number of non-ortho nitro benzene ring substituents is 2. The van der Waals surface area contributed by atoms with E-state index in [1.165, 1.54) is 10.0 Å². The molecule has 280 valence electrons. The van der Waals surface area contributed by atoms with Crippen molar-refractivity contribution in [2.24, 2.45) is 17.1 Å². The zero-order chi connectivity index (χ0) is 37.4. The molecule has 0 amide bonds. The van der Waals surface area contributed by atoms with Gasteiger partial charge in [0, 0.05) is 51.4 Å². The number of nitrogens with zero attached hydrogens (tertiary/aromatic N) is 11. The normalized spacial score (nSPS) is 20.2. The number of hydrogen-bond acceptors (Lipinski definition) is 15. The van der Waals surface area contributed by atoms with Crippen LogP contribution >= 0.6 is 0 Å². The van der Waals surface area contributed by atoms with Crippen LogP contribution in [0.2, 0.25) is 0 Å². The quantitative estimate of drug-likeness (QED) is 0.119. The van der Waals surface area contributed by atoms with Gasteiger partial charge in [0.15, 0.2) is 0 Å². The van der Waals surface area contributed by atoms with Gasteiger partial charge >= 0.3 is 11.4 Å². The Labute approximate surface area is 294 Å². The summed E-state index contributed by atoms with van der Waals surface area (Å²) in [6.07, 6.45) is 4.28. The van der Waals surface area contributed by atoms with Crippen LogP contribution in [0, 0.1) is 62.4 Å². The average molecular weight is 734 g/mol.